The highest BCUT2D eigenvalue weighted by atomic mass is 32.2. The highest BCUT2D eigenvalue weighted by Crippen LogP contribution is 2.39. The van der Waals surface area contributed by atoms with Gasteiger partial charge < -0.3 is 15.4 Å². The number of ether oxygens (including phenoxy) is 1. The second-order valence-corrected chi connectivity index (χ2v) is 6.43. The predicted molar refractivity (Wildman–Crippen MR) is 76.5 cm³/mol. The molecule has 0 bridgehead atoms. The molecule has 2 aliphatic heterocycles. The molecular formula is C14H18N2O2S. The standard InChI is InChI=1S/C14H18N2O2S/c1-8-12(5-6-18-8)19-9-3-4-10-11(7-9)16(2)14(17)13(10)15/h3-4,7-8,12-13H,5-6,15H2,1-2H3. The quantitative estimate of drug-likeness (QED) is 0.898. The van der Waals surface area contributed by atoms with E-state index in [9.17, 15) is 4.79 Å². The molecule has 3 unspecified atom stereocenters. The van der Waals surface area contributed by atoms with Gasteiger partial charge in [0.05, 0.1) is 6.10 Å². The number of rotatable bonds is 2. The number of likely N-dealkylation sites (N-methyl/N-ethyl adjacent to an activating group) is 1. The second-order valence-electron chi connectivity index (χ2n) is 5.12. The van der Waals surface area contributed by atoms with E-state index in [0.29, 0.717) is 11.4 Å². The molecule has 3 rings (SSSR count). The van der Waals surface area contributed by atoms with Crippen molar-refractivity contribution < 1.29 is 9.53 Å². The van der Waals surface area contributed by atoms with Crippen LogP contribution >= 0.6 is 11.8 Å². The smallest absolute Gasteiger partial charge is 0.248 e. The molecule has 2 N–H and O–H groups in total. The molecule has 1 fully saturated rings. The zero-order valence-corrected chi connectivity index (χ0v) is 11.9. The fourth-order valence-corrected chi connectivity index (χ4v) is 3.81. The first kappa shape index (κ1) is 13.0. The van der Waals surface area contributed by atoms with Crippen LogP contribution in [0.2, 0.25) is 0 Å². The maximum Gasteiger partial charge on any atom is 0.248 e. The van der Waals surface area contributed by atoms with Crippen LogP contribution in [0.4, 0.5) is 5.69 Å². The van der Waals surface area contributed by atoms with E-state index in [1.165, 1.54) is 4.90 Å². The number of thioether (sulfide) groups is 1. The minimum Gasteiger partial charge on any atom is -0.377 e. The van der Waals surface area contributed by atoms with Gasteiger partial charge in [-0.3, -0.25) is 4.79 Å². The van der Waals surface area contributed by atoms with Crippen LogP contribution in [0.5, 0.6) is 0 Å². The minimum atomic E-state index is -0.507. The summed E-state index contributed by atoms with van der Waals surface area (Å²) in [7, 11) is 1.78. The normalized spacial score (nSPS) is 29.9. The first-order valence-electron chi connectivity index (χ1n) is 6.53. The van der Waals surface area contributed by atoms with Gasteiger partial charge >= 0.3 is 0 Å². The van der Waals surface area contributed by atoms with E-state index in [1.807, 2.05) is 17.8 Å². The molecule has 0 aliphatic carbocycles. The maximum atomic E-state index is 11.8. The van der Waals surface area contributed by atoms with Gasteiger partial charge in [0, 0.05) is 35.1 Å². The lowest BCUT2D eigenvalue weighted by Crippen LogP contribution is -2.27. The van der Waals surface area contributed by atoms with Crippen molar-refractivity contribution in [3.63, 3.8) is 0 Å². The number of benzene rings is 1. The summed E-state index contributed by atoms with van der Waals surface area (Å²) in [6, 6.07) is 5.59. The van der Waals surface area contributed by atoms with Crippen molar-refractivity contribution in [2.75, 3.05) is 18.6 Å². The Balaban J connectivity index is 1.84. The maximum absolute atomic E-state index is 11.8. The fourth-order valence-electron chi connectivity index (χ4n) is 2.65. The summed E-state index contributed by atoms with van der Waals surface area (Å²) in [6.07, 6.45) is 1.37. The van der Waals surface area contributed by atoms with Crippen LogP contribution in [0.25, 0.3) is 0 Å². The molecule has 102 valence electrons. The topological polar surface area (TPSA) is 55.6 Å². The first-order chi connectivity index (χ1) is 9.08. The summed E-state index contributed by atoms with van der Waals surface area (Å²) in [5.74, 6) is -0.0327. The molecule has 2 heterocycles. The lowest BCUT2D eigenvalue weighted by Gasteiger charge is -2.15. The molecule has 0 radical (unpaired) electrons. The van der Waals surface area contributed by atoms with Gasteiger partial charge in [-0.2, -0.15) is 0 Å². The molecule has 1 aromatic rings. The number of hydrogen-bond acceptors (Lipinski definition) is 4. The Kier molecular flexibility index (Phi) is 3.28. The number of nitrogens with two attached hydrogens (primary N) is 1. The van der Waals surface area contributed by atoms with Gasteiger partial charge in [-0.05, 0) is 25.5 Å². The Morgan fingerprint density at radius 2 is 2.26 bits per heavy atom. The van der Waals surface area contributed by atoms with Gasteiger partial charge in [-0.1, -0.05) is 6.07 Å². The molecule has 1 saturated heterocycles. The number of amides is 1. The third kappa shape index (κ3) is 2.16. The van der Waals surface area contributed by atoms with Gasteiger partial charge in [0.15, 0.2) is 0 Å². The van der Waals surface area contributed by atoms with Crippen molar-refractivity contribution >= 4 is 23.4 Å². The number of hydrogen-bond donors (Lipinski definition) is 1. The van der Waals surface area contributed by atoms with E-state index in [-0.39, 0.29) is 5.91 Å². The third-order valence-electron chi connectivity index (χ3n) is 3.89. The first-order valence-corrected chi connectivity index (χ1v) is 7.41. The Morgan fingerprint density at radius 1 is 1.47 bits per heavy atom. The predicted octanol–water partition coefficient (Wildman–Crippen LogP) is 1.93. The SMILES string of the molecule is CC1OCCC1Sc1ccc2c(c1)N(C)C(=O)C2N. The number of anilines is 1. The minimum absolute atomic E-state index is 0.0327. The lowest BCUT2D eigenvalue weighted by atomic mass is 10.1. The molecule has 19 heavy (non-hydrogen) atoms. The third-order valence-corrected chi connectivity index (χ3v) is 5.34. The van der Waals surface area contributed by atoms with Crippen LogP contribution in [0.15, 0.2) is 23.1 Å². The molecule has 0 aromatic heterocycles. The zero-order chi connectivity index (χ0) is 13.6. The number of nitrogens with zero attached hydrogens (tertiary/aromatic N) is 1. The summed E-state index contributed by atoms with van der Waals surface area (Å²) in [6.45, 7) is 2.95. The summed E-state index contributed by atoms with van der Waals surface area (Å²) in [5, 5.41) is 0.495. The molecule has 1 amide bonds. The molecular weight excluding hydrogens is 260 g/mol. The van der Waals surface area contributed by atoms with Crippen molar-refractivity contribution in [2.24, 2.45) is 5.73 Å². The molecule has 5 heteroatoms. The fraction of sp³-hybridized carbons (Fsp3) is 0.500. The highest BCUT2D eigenvalue weighted by Gasteiger charge is 2.33. The zero-order valence-electron chi connectivity index (χ0n) is 11.1. The highest BCUT2D eigenvalue weighted by molar-refractivity contribution is 8.00. The van der Waals surface area contributed by atoms with Crippen LogP contribution in [-0.2, 0) is 9.53 Å². The summed E-state index contributed by atoms with van der Waals surface area (Å²) < 4.78 is 5.58. The van der Waals surface area contributed by atoms with Crippen LogP contribution in [0.1, 0.15) is 24.9 Å². The molecule has 1 aromatic carbocycles. The largest absolute Gasteiger partial charge is 0.377 e. The van der Waals surface area contributed by atoms with Crippen LogP contribution < -0.4 is 10.6 Å². The summed E-state index contributed by atoms with van der Waals surface area (Å²) in [5.41, 5.74) is 7.76. The van der Waals surface area contributed by atoms with Crippen LogP contribution in [-0.4, -0.2) is 30.9 Å². The Labute approximate surface area is 117 Å². The number of carbonyl (C=O) groups excluding carboxylic acids is 1. The molecule has 2 aliphatic rings. The van der Waals surface area contributed by atoms with Gasteiger partial charge in [-0.15, -0.1) is 11.8 Å². The van der Waals surface area contributed by atoms with Crippen molar-refractivity contribution in [3.8, 4) is 0 Å². The second kappa shape index (κ2) is 4.81. The van der Waals surface area contributed by atoms with Gasteiger partial charge in [-0.25, -0.2) is 0 Å². The van der Waals surface area contributed by atoms with E-state index in [0.717, 1.165) is 24.3 Å². The number of carbonyl (C=O) groups is 1. The van der Waals surface area contributed by atoms with E-state index in [2.05, 4.69) is 19.1 Å². The molecule has 0 saturated carbocycles. The lowest BCUT2D eigenvalue weighted by molar-refractivity contribution is -0.118. The molecule has 0 spiro atoms. The monoisotopic (exact) mass is 278 g/mol. The number of fused-ring (bicyclic) bond motifs is 1. The van der Waals surface area contributed by atoms with Crippen molar-refractivity contribution in [2.45, 2.75) is 35.6 Å². The Morgan fingerprint density at radius 3 is 2.95 bits per heavy atom. The van der Waals surface area contributed by atoms with Gasteiger partial charge in [0.1, 0.15) is 6.04 Å². The molecule has 3 atom stereocenters. The Bertz CT molecular complexity index is 520. The molecule has 4 nitrogen and oxygen atoms in total. The van der Waals surface area contributed by atoms with Gasteiger partial charge in [0.25, 0.3) is 0 Å². The van der Waals surface area contributed by atoms with Crippen molar-refractivity contribution in [3.05, 3.63) is 23.8 Å². The average molecular weight is 278 g/mol. The van der Waals surface area contributed by atoms with E-state index in [4.69, 9.17) is 10.5 Å². The van der Waals surface area contributed by atoms with E-state index >= 15 is 0 Å². The van der Waals surface area contributed by atoms with Gasteiger partial charge in [0.2, 0.25) is 5.91 Å². The average Bonchev–Trinajstić information content (AvgIpc) is 2.89. The van der Waals surface area contributed by atoms with E-state index < -0.39 is 6.04 Å². The van der Waals surface area contributed by atoms with Crippen LogP contribution in [0, 0.1) is 0 Å². The summed E-state index contributed by atoms with van der Waals surface area (Å²) >= 11 is 1.83. The summed E-state index contributed by atoms with van der Waals surface area (Å²) in [4.78, 5) is 14.7. The Hall–Kier alpha value is -1.04. The van der Waals surface area contributed by atoms with Crippen molar-refractivity contribution in [1.29, 1.82) is 0 Å². The van der Waals surface area contributed by atoms with Crippen molar-refractivity contribution in [1.82, 2.24) is 0 Å². The van der Waals surface area contributed by atoms with Crippen LogP contribution in [0.3, 0.4) is 0 Å². The van der Waals surface area contributed by atoms with E-state index in [1.54, 1.807) is 11.9 Å².